The number of hydrogen-bond donors (Lipinski definition) is 2. The molecular weight excluding hydrogens is 405 g/mol. The predicted octanol–water partition coefficient (Wildman–Crippen LogP) is 3.46. The van der Waals surface area contributed by atoms with Crippen molar-refractivity contribution in [2.45, 2.75) is 64.4 Å². The van der Waals surface area contributed by atoms with Crippen molar-refractivity contribution < 1.29 is 37.4 Å². The molecule has 2 unspecified atom stereocenters. The van der Waals surface area contributed by atoms with Gasteiger partial charge in [0.05, 0.1) is 5.56 Å². The molecule has 0 spiro atoms. The lowest BCUT2D eigenvalue weighted by Gasteiger charge is -2.28. The van der Waals surface area contributed by atoms with Gasteiger partial charge in [-0.25, -0.2) is 9.59 Å². The molecular formula is C20H27F3N2O5. The minimum absolute atomic E-state index is 0.0456. The summed E-state index contributed by atoms with van der Waals surface area (Å²) in [6.45, 7) is 6.19. The summed E-state index contributed by atoms with van der Waals surface area (Å²) < 4.78 is 43.9. The molecule has 0 aromatic heterocycles. The molecule has 0 bridgehead atoms. The lowest BCUT2D eigenvalue weighted by Crippen LogP contribution is -2.52. The average Bonchev–Trinajstić information content (AvgIpc) is 2.61. The van der Waals surface area contributed by atoms with Gasteiger partial charge in [0.15, 0.2) is 0 Å². The molecule has 1 rings (SSSR count). The first-order valence-electron chi connectivity index (χ1n) is 9.27. The van der Waals surface area contributed by atoms with Crippen molar-refractivity contribution in [2.75, 3.05) is 7.05 Å². The number of rotatable bonds is 7. The Balaban J connectivity index is 3.01. The summed E-state index contributed by atoms with van der Waals surface area (Å²) in [4.78, 5) is 37.0. The molecule has 0 radical (unpaired) electrons. The van der Waals surface area contributed by atoms with Gasteiger partial charge in [0.1, 0.15) is 17.7 Å². The third-order valence-electron chi connectivity index (χ3n) is 4.25. The number of alkyl carbamates (subject to hydrolysis) is 1. The maximum absolute atomic E-state index is 12.9. The number of nitrogens with one attached hydrogen (secondary N) is 1. The lowest BCUT2D eigenvalue weighted by atomic mass is 10.0. The van der Waals surface area contributed by atoms with Gasteiger partial charge in [-0.3, -0.25) is 4.79 Å². The summed E-state index contributed by atoms with van der Waals surface area (Å²) in [5.41, 5.74) is -1.33. The summed E-state index contributed by atoms with van der Waals surface area (Å²) in [6, 6.07) is 2.31. The summed E-state index contributed by atoms with van der Waals surface area (Å²) in [7, 11) is 1.27. The summed E-state index contributed by atoms with van der Waals surface area (Å²) in [5.74, 6) is -1.93. The largest absolute Gasteiger partial charge is 0.480 e. The number of nitrogens with zero attached hydrogens (tertiary/aromatic N) is 1. The molecule has 30 heavy (non-hydrogen) atoms. The quantitative estimate of drug-likeness (QED) is 0.688. The van der Waals surface area contributed by atoms with E-state index in [4.69, 9.17) is 9.84 Å². The van der Waals surface area contributed by atoms with Gasteiger partial charge in [-0.15, -0.1) is 0 Å². The molecule has 0 aliphatic heterocycles. The lowest BCUT2D eigenvalue weighted by molar-refractivity contribution is -0.149. The van der Waals surface area contributed by atoms with E-state index in [0.29, 0.717) is 5.56 Å². The van der Waals surface area contributed by atoms with Crippen LogP contribution in [0, 0.1) is 0 Å². The van der Waals surface area contributed by atoms with Crippen LogP contribution >= 0.6 is 0 Å². The Hall–Kier alpha value is -2.78. The first-order valence-corrected chi connectivity index (χ1v) is 9.27. The second-order valence-electron chi connectivity index (χ2n) is 7.90. The highest BCUT2D eigenvalue weighted by atomic mass is 19.4. The zero-order valence-corrected chi connectivity index (χ0v) is 17.5. The van der Waals surface area contributed by atoms with Crippen LogP contribution in [-0.4, -0.2) is 52.7 Å². The van der Waals surface area contributed by atoms with Gasteiger partial charge in [-0.05, 0) is 52.2 Å². The first kappa shape index (κ1) is 25.3. The average molecular weight is 432 g/mol. The topological polar surface area (TPSA) is 95.9 Å². The van der Waals surface area contributed by atoms with Crippen molar-refractivity contribution >= 4 is 18.0 Å². The number of halogens is 3. The molecule has 2 N–H and O–H groups in total. The standard InChI is InChI=1S/C20H27F3N2O5/c1-12(17(27)28)25(5)16(26)15(24-18(29)30-19(2,3)4)10-9-13-7-6-8-14(11-13)20(21,22)23/h6-8,11-12,15H,9-10H2,1-5H3,(H,24,29)(H,27,28). The van der Waals surface area contributed by atoms with E-state index in [9.17, 15) is 27.6 Å². The van der Waals surface area contributed by atoms with Crippen LogP contribution < -0.4 is 5.32 Å². The number of amides is 2. The van der Waals surface area contributed by atoms with E-state index in [1.807, 2.05) is 0 Å². The van der Waals surface area contributed by atoms with Crippen LogP contribution in [0.2, 0.25) is 0 Å². The number of hydrogen-bond acceptors (Lipinski definition) is 4. The molecule has 10 heteroatoms. The van der Waals surface area contributed by atoms with Gasteiger partial charge in [-0.1, -0.05) is 18.2 Å². The summed E-state index contributed by atoms with van der Waals surface area (Å²) in [5, 5.41) is 11.5. The van der Waals surface area contributed by atoms with Gasteiger partial charge >= 0.3 is 18.2 Å². The molecule has 7 nitrogen and oxygen atoms in total. The fourth-order valence-corrected chi connectivity index (χ4v) is 2.52. The molecule has 2 atom stereocenters. The Morgan fingerprint density at radius 1 is 1.20 bits per heavy atom. The monoisotopic (exact) mass is 432 g/mol. The van der Waals surface area contributed by atoms with Crippen LogP contribution in [0.4, 0.5) is 18.0 Å². The number of likely N-dealkylation sites (N-methyl/N-ethyl adjacent to an activating group) is 1. The number of alkyl halides is 3. The minimum atomic E-state index is -4.50. The fraction of sp³-hybridized carbons (Fsp3) is 0.550. The number of carboxylic acids is 1. The smallest absolute Gasteiger partial charge is 0.416 e. The van der Waals surface area contributed by atoms with Gasteiger partial charge in [0.25, 0.3) is 0 Å². The van der Waals surface area contributed by atoms with Crippen molar-refractivity contribution in [3.05, 3.63) is 35.4 Å². The Kier molecular flexibility index (Phi) is 8.26. The Labute approximate surface area is 173 Å². The molecule has 0 aliphatic rings. The normalized spacial score (nSPS) is 13.9. The van der Waals surface area contributed by atoms with E-state index < -0.39 is 47.4 Å². The molecule has 1 aromatic carbocycles. The van der Waals surface area contributed by atoms with E-state index in [2.05, 4.69) is 5.32 Å². The second kappa shape index (κ2) is 9.82. The Morgan fingerprint density at radius 2 is 1.80 bits per heavy atom. The van der Waals surface area contributed by atoms with Crippen molar-refractivity contribution in [2.24, 2.45) is 0 Å². The van der Waals surface area contributed by atoms with Crippen LogP contribution in [0.3, 0.4) is 0 Å². The highest BCUT2D eigenvalue weighted by molar-refractivity contribution is 5.89. The van der Waals surface area contributed by atoms with E-state index in [-0.39, 0.29) is 12.8 Å². The van der Waals surface area contributed by atoms with Gasteiger partial charge in [0.2, 0.25) is 5.91 Å². The number of benzene rings is 1. The maximum atomic E-state index is 12.9. The zero-order valence-electron chi connectivity index (χ0n) is 17.5. The molecule has 0 fully saturated rings. The Bertz CT molecular complexity index is 774. The number of carbonyl (C=O) groups is 3. The van der Waals surface area contributed by atoms with Crippen molar-refractivity contribution in [3.8, 4) is 0 Å². The van der Waals surface area contributed by atoms with Crippen LogP contribution in [0.25, 0.3) is 0 Å². The third kappa shape index (κ3) is 7.92. The van der Waals surface area contributed by atoms with E-state index >= 15 is 0 Å². The van der Waals surface area contributed by atoms with Gasteiger partial charge in [0, 0.05) is 7.05 Å². The summed E-state index contributed by atoms with van der Waals surface area (Å²) >= 11 is 0. The van der Waals surface area contributed by atoms with Crippen LogP contribution in [-0.2, 0) is 26.9 Å². The molecule has 0 saturated carbocycles. The number of aryl methyl sites for hydroxylation is 1. The second-order valence-corrected chi connectivity index (χ2v) is 7.90. The van der Waals surface area contributed by atoms with E-state index in [1.54, 1.807) is 20.8 Å². The zero-order chi connectivity index (χ0) is 23.3. The molecule has 168 valence electrons. The van der Waals surface area contributed by atoms with Crippen LogP contribution in [0.15, 0.2) is 24.3 Å². The SMILES string of the molecule is CC(C(=O)O)N(C)C(=O)C(CCc1cccc(C(F)(F)F)c1)NC(=O)OC(C)(C)C. The molecule has 2 amide bonds. The number of carboxylic acid groups (broad SMARTS) is 1. The Morgan fingerprint density at radius 3 is 2.30 bits per heavy atom. The minimum Gasteiger partial charge on any atom is -0.480 e. The van der Waals surface area contributed by atoms with Gasteiger partial charge < -0.3 is 20.1 Å². The van der Waals surface area contributed by atoms with Crippen LogP contribution in [0.5, 0.6) is 0 Å². The first-order chi connectivity index (χ1) is 13.6. The molecule has 0 saturated heterocycles. The highest BCUT2D eigenvalue weighted by Crippen LogP contribution is 2.29. The summed E-state index contributed by atoms with van der Waals surface area (Å²) in [6.07, 6.45) is -5.39. The van der Waals surface area contributed by atoms with E-state index in [1.165, 1.54) is 26.1 Å². The van der Waals surface area contributed by atoms with Gasteiger partial charge in [-0.2, -0.15) is 13.2 Å². The van der Waals surface area contributed by atoms with Crippen molar-refractivity contribution in [1.29, 1.82) is 0 Å². The number of carbonyl (C=O) groups excluding carboxylic acids is 2. The predicted molar refractivity (Wildman–Crippen MR) is 103 cm³/mol. The highest BCUT2D eigenvalue weighted by Gasteiger charge is 2.32. The van der Waals surface area contributed by atoms with Crippen molar-refractivity contribution in [1.82, 2.24) is 10.2 Å². The maximum Gasteiger partial charge on any atom is 0.416 e. The van der Waals surface area contributed by atoms with Crippen molar-refractivity contribution in [3.63, 3.8) is 0 Å². The fourth-order valence-electron chi connectivity index (χ4n) is 2.52. The van der Waals surface area contributed by atoms with Crippen LogP contribution in [0.1, 0.15) is 45.2 Å². The van der Waals surface area contributed by atoms with E-state index in [0.717, 1.165) is 17.0 Å². The third-order valence-corrected chi connectivity index (χ3v) is 4.25. The number of aliphatic carboxylic acids is 1. The molecule has 0 aliphatic carbocycles. The number of ether oxygens (including phenoxy) is 1. The molecule has 1 aromatic rings. The molecule has 0 heterocycles.